The molecule has 0 saturated carbocycles. The minimum atomic E-state index is -0.379. The number of benzene rings is 2. The van der Waals surface area contributed by atoms with Crippen molar-refractivity contribution in [1.29, 1.82) is 0 Å². The van der Waals surface area contributed by atoms with Gasteiger partial charge in [-0.05, 0) is 30.3 Å². The van der Waals surface area contributed by atoms with Gasteiger partial charge in [0.15, 0.2) is 5.13 Å². The van der Waals surface area contributed by atoms with Crippen molar-refractivity contribution in [2.24, 2.45) is 5.84 Å². The number of hydrogen-bond donors (Lipinski definition) is 2. The van der Waals surface area contributed by atoms with Gasteiger partial charge in [-0.15, -0.1) is 0 Å². The number of rotatable bonds is 4. The number of halogens is 2. The van der Waals surface area contributed by atoms with Crippen LogP contribution in [-0.4, -0.2) is 4.98 Å². The number of aromatic nitrogens is 1. The Hall–Kier alpha value is -1.89. The van der Waals surface area contributed by atoms with E-state index in [-0.39, 0.29) is 12.4 Å². The summed E-state index contributed by atoms with van der Waals surface area (Å²) in [6.45, 7) is 0.0673. The van der Waals surface area contributed by atoms with Crippen LogP contribution in [-0.2, 0) is 6.61 Å². The molecule has 0 radical (unpaired) electrons. The molecule has 0 atom stereocenters. The van der Waals surface area contributed by atoms with Crippen molar-refractivity contribution in [2.75, 3.05) is 5.43 Å². The van der Waals surface area contributed by atoms with Crippen molar-refractivity contribution < 1.29 is 9.13 Å². The molecule has 3 aromatic rings. The van der Waals surface area contributed by atoms with Crippen LogP contribution in [0.5, 0.6) is 5.75 Å². The summed E-state index contributed by atoms with van der Waals surface area (Å²) in [5, 5.41) is 0.975. The summed E-state index contributed by atoms with van der Waals surface area (Å²) in [5.74, 6) is 5.57. The van der Waals surface area contributed by atoms with Gasteiger partial charge in [0.05, 0.1) is 15.2 Å². The number of nitrogens with one attached hydrogen (secondary N) is 1. The highest BCUT2D eigenvalue weighted by atomic mass is 35.5. The van der Waals surface area contributed by atoms with E-state index in [2.05, 4.69) is 10.4 Å². The largest absolute Gasteiger partial charge is 0.489 e. The summed E-state index contributed by atoms with van der Waals surface area (Å²) in [7, 11) is 0. The number of ether oxygens (including phenoxy) is 1. The fraction of sp³-hybridized carbons (Fsp3) is 0.0714. The lowest BCUT2D eigenvalue weighted by atomic mass is 10.2. The summed E-state index contributed by atoms with van der Waals surface area (Å²) in [6, 6.07) is 9.99. The minimum Gasteiger partial charge on any atom is -0.489 e. The Bertz CT molecular complexity index is 773. The van der Waals surface area contributed by atoms with Crippen LogP contribution in [0.25, 0.3) is 10.2 Å². The van der Waals surface area contributed by atoms with Crippen LogP contribution >= 0.6 is 22.9 Å². The molecule has 21 heavy (non-hydrogen) atoms. The molecule has 1 aromatic heterocycles. The van der Waals surface area contributed by atoms with Crippen molar-refractivity contribution in [3.05, 3.63) is 52.8 Å². The molecule has 0 aliphatic carbocycles. The molecule has 3 N–H and O–H groups in total. The lowest BCUT2D eigenvalue weighted by Crippen LogP contribution is -2.05. The molecule has 2 aromatic carbocycles. The predicted octanol–water partition coefficient (Wildman–Crippen LogP) is 3.95. The Kier molecular flexibility index (Phi) is 3.92. The van der Waals surface area contributed by atoms with E-state index in [1.165, 1.54) is 17.4 Å². The fourth-order valence-electron chi connectivity index (χ4n) is 1.88. The maximum atomic E-state index is 13.7. The molecule has 1 heterocycles. The van der Waals surface area contributed by atoms with Gasteiger partial charge in [0.1, 0.15) is 18.2 Å². The van der Waals surface area contributed by atoms with E-state index in [4.69, 9.17) is 22.2 Å². The van der Waals surface area contributed by atoms with Gasteiger partial charge in [-0.25, -0.2) is 15.2 Å². The minimum absolute atomic E-state index is 0.0673. The molecular formula is C14H11ClFN3OS. The third-order valence-corrected chi connectivity index (χ3v) is 4.23. The Balaban J connectivity index is 1.82. The van der Waals surface area contributed by atoms with Gasteiger partial charge >= 0.3 is 0 Å². The standard InChI is InChI=1S/C14H11ClFN3OS/c15-10-2-1-3-11(16)9(10)7-20-8-4-5-12-13(6-8)21-14(18-12)19-17/h1-6H,7,17H2,(H,18,19). The quantitative estimate of drug-likeness (QED) is 0.563. The van der Waals surface area contributed by atoms with E-state index in [9.17, 15) is 4.39 Å². The molecule has 0 bridgehead atoms. The van der Waals surface area contributed by atoms with Gasteiger partial charge in [-0.1, -0.05) is 29.0 Å². The smallest absolute Gasteiger partial charge is 0.198 e. The second-order valence-electron chi connectivity index (χ2n) is 4.28. The number of thiazole rings is 1. The van der Waals surface area contributed by atoms with Crippen LogP contribution < -0.4 is 16.0 Å². The lowest BCUT2D eigenvalue weighted by Gasteiger charge is -2.08. The number of hydrogen-bond acceptors (Lipinski definition) is 5. The molecule has 0 aliphatic heterocycles. The fourth-order valence-corrected chi connectivity index (χ4v) is 2.90. The summed E-state index contributed by atoms with van der Waals surface area (Å²) >= 11 is 7.37. The molecule has 4 nitrogen and oxygen atoms in total. The van der Waals surface area contributed by atoms with Crippen LogP contribution in [0.3, 0.4) is 0 Å². The van der Waals surface area contributed by atoms with Crippen LogP contribution in [0, 0.1) is 5.82 Å². The number of anilines is 1. The van der Waals surface area contributed by atoms with E-state index in [1.807, 2.05) is 12.1 Å². The Labute approximate surface area is 129 Å². The highest BCUT2D eigenvalue weighted by Gasteiger charge is 2.09. The molecule has 0 unspecified atom stereocenters. The first-order valence-electron chi connectivity index (χ1n) is 6.10. The van der Waals surface area contributed by atoms with Gasteiger partial charge in [0.25, 0.3) is 0 Å². The number of fused-ring (bicyclic) bond motifs is 1. The summed E-state index contributed by atoms with van der Waals surface area (Å²) < 4.78 is 20.2. The second kappa shape index (κ2) is 5.85. The normalized spacial score (nSPS) is 10.8. The molecule has 0 saturated heterocycles. The summed E-state index contributed by atoms with van der Waals surface area (Å²) in [5.41, 5.74) is 3.67. The van der Waals surface area contributed by atoms with Crippen LogP contribution in [0.2, 0.25) is 5.02 Å². The molecule has 108 valence electrons. The highest BCUT2D eigenvalue weighted by molar-refractivity contribution is 7.22. The summed E-state index contributed by atoms with van der Waals surface area (Å²) in [4.78, 5) is 4.26. The van der Waals surface area contributed by atoms with Crippen molar-refractivity contribution in [3.8, 4) is 5.75 Å². The van der Waals surface area contributed by atoms with Gasteiger partial charge in [-0.3, -0.25) is 5.43 Å². The zero-order valence-electron chi connectivity index (χ0n) is 10.8. The maximum absolute atomic E-state index is 13.7. The number of hydrazine groups is 1. The zero-order chi connectivity index (χ0) is 14.8. The molecule has 3 rings (SSSR count). The number of nitrogens with zero attached hydrogens (tertiary/aromatic N) is 1. The van der Waals surface area contributed by atoms with Crippen molar-refractivity contribution in [1.82, 2.24) is 4.98 Å². The van der Waals surface area contributed by atoms with E-state index in [0.29, 0.717) is 21.5 Å². The van der Waals surface area contributed by atoms with E-state index in [1.54, 1.807) is 18.2 Å². The van der Waals surface area contributed by atoms with Crippen molar-refractivity contribution in [3.63, 3.8) is 0 Å². The first-order chi connectivity index (χ1) is 10.2. The van der Waals surface area contributed by atoms with Crippen LogP contribution in [0.4, 0.5) is 9.52 Å². The van der Waals surface area contributed by atoms with E-state index >= 15 is 0 Å². The Morgan fingerprint density at radius 1 is 1.33 bits per heavy atom. The average Bonchev–Trinajstić information content (AvgIpc) is 2.89. The van der Waals surface area contributed by atoms with Gasteiger partial charge < -0.3 is 4.74 Å². The topological polar surface area (TPSA) is 60.2 Å². The van der Waals surface area contributed by atoms with Crippen molar-refractivity contribution in [2.45, 2.75) is 6.61 Å². The number of nitrogen functional groups attached to an aromatic ring is 1. The zero-order valence-corrected chi connectivity index (χ0v) is 12.3. The van der Waals surface area contributed by atoms with Gasteiger partial charge in [-0.2, -0.15) is 0 Å². The Morgan fingerprint density at radius 3 is 2.95 bits per heavy atom. The second-order valence-corrected chi connectivity index (χ2v) is 5.72. The predicted molar refractivity (Wildman–Crippen MR) is 83.2 cm³/mol. The average molecular weight is 324 g/mol. The van der Waals surface area contributed by atoms with Gasteiger partial charge in [0.2, 0.25) is 0 Å². The molecule has 7 heteroatoms. The monoisotopic (exact) mass is 323 g/mol. The molecular weight excluding hydrogens is 313 g/mol. The van der Waals surface area contributed by atoms with E-state index in [0.717, 1.165) is 10.2 Å². The first-order valence-corrected chi connectivity index (χ1v) is 7.29. The molecule has 0 aliphatic rings. The molecule has 0 fully saturated rings. The van der Waals surface area contributed by atoms with Crippen LogP contribution in [0.1, 0.15) is 5.56 Å². The van der Waals surface area contributed by atoms with E-state index < -0.39 is 0 Å². The third-order valence-electron chi connectivity index (χ3n) is 2.93. The molecule has 0 spiro atoms. The van der Waals surface area contributed by atoms with Crippen molar-refractivity contribution >= 4 is 38.3 Å². The van der Waals surface area contributed by atoms with Gasteiger partial charge in [0, 0.05) is 5.56 Å². The first kappa shape index (κ1) is 14.1. The Morgan fingerprint density at radius 2 is 2.19 bits per heavy atom. The molecule has 0 amide bonds. The maximum Gasteiger partial charge on any atom is 0.198 e. The highest BCUT2D eigenvalue weighted by Crippen LogP contribution is 2.29. The lowest BCUT2D eigenvalue weighted by molar-refractivity contribution is 0.300. The third kappa shape index (κ3) is 2.92. The number of nitrogens with two attached hydrogens (primary N) is 1. The SMILES string of the molecule is NNc1nc2ccc(OCc3c(F)cccc3Cl)cc2s1. The summed E-state index contributed by atoms with van der Waals surface area (Å²) in [6.07, 6.45) is 0. The van der Waals surface area contributed by atoms with Crippen LogP contribution in [0.15, 0.2) is 36.4 Å².